The molecule has 37 heavy (non-hydrogen) atoms. The molecule has 0 bridgehead atoms. The Morgan fingerprint density at radius 3 is 2.35 bits per heavy atom. The first kappa shape index (κ1) is 23.4. The van der Waals surface area contributed by atoms with Gasteiger partial charge in [0.05, 0.1) is 34.0 Å². The van der Waals surface area contributed by atoms with Crippen LogP contribution >= 0.6 is 11.8 Å². The maximum atomic E-state index is 9.27. The van der Waals surface area contributed by atoms with E-state index in [0.29, 0.717) is 5.56 Å². The highest BCUT2D eigenvalue weighted by Gasteiger charge is 2.26. The van der Waals surface area contributed by atoms with Gasteiger partial charge in [0.15, 0.2) is 0 Å². The number of anilines is 2. The van der Waals surface area contributed by atoms with Crippen molar-refractivity contribution in [2.75, 3.05) is 11.4 Å². The van der Waals surface area contributed by atoms with Crippen molar-refractivity contribution in [3.8, 4) is 23.1 Å². The summed E-state index contributed by atoms with van der Waals surface area (Å²) >= 11 is 1.83. The Balaban J connectivity index is 1.48. The summed E-state index contributed by atoms with van der Waals surface area (Å²) in [5.41, 5.74) is 7.49. The van der Waals surface area contributed by atoms with Crippen molar-refractivity contribution in [2.45, 2.75) is 37.0 Å². The smallest absolute Gasteiger partial charge is 0.145 e. The number of hydrogen-bond acceptors (Lipinski definition) is 4. The van der Waals surface area contributed by atoms with Gasteiger partial charge < -0.3 is 4.90 Å². The lowest BCUT2D eigenvalue weighted by Gasteiger charge is -2.35. The predicted molar refractivity (Wildman–Crippen MR) is 153 cm³/mol. The molecule has 1 aromatic heterocycles. The molecule has 0 atom stereocenters. The Labute approximate surface area is 222 Å². The van der Waals surface area contributed by atoms with Gasteiger partial charge in [0.25, 0.3) is 0 Å². The molecule has 182 valence electrons. The Morgan fingerprint density at radius 2 is 1.57 bits per heavy atom. The van der Waals surface area contributed by atoms with Gasteiger partial charge in [0.2, 0.25) is 0 Å². The lowest BCUT2D eigenvalue weighted by molar-refractivity contribution is 0.383. The van der Waals surface area contributed by atoms with Crippen LogP contribution in [0.15, 0.2) is 101 Å². The molecule has 0 fully saturated rings. The second-order valence-corrected chi connectivity index (χ2v) is 11.7. The number of benzene rings is 4. The second-order valence-electron chi connectivity index (χ2n) is 10.6. The third-order valence-corrected chi connectivity index (χ3v) is 7.90. The minimum atomic E-state index is 0.256. The van der Waals surface area contributed by atoms with Crippen molar-refractivity contribution < 1.29 is 0 Å². The van der Waals surface area contributed by atoms with E-state index in [-0.39, 0.29) is 5.41 Å². The number of nitriles is 1. The fourth-order valence-electron chi connectivity index (χ4n) is 4.83. The van der Waals surface area contributed by atoms with Crippen LogP contribution in [0.5, 0.6) is 0 Å². The molecule has 4 aromatic carbocycles. The van der Waals surface area contributed by atoms with E-state index in [1.807, 2.05) is 48.2 Å². The van der Waals surface area contributed by atoms with Crippen LogP contribution in [0.3, 0.4) is 0 Å². The quantitative estimate of drug-likeness (QED) is 0.248. The molecule has 0 saturated carbocycles. The average Bonchev–Trinajstić information content (AvgIpc) is 3.30. The summed E-state index contributed by atoms with van der Waals surface area (Å²) in [4.78, 5) is 10.0. The lowest BCUT2D eigenvalue weighted by atomic mass is 9.92. The molecule has 1 aliphatic heterocycles. The number of fused-ring (bicyclic) bond motifs is 3. The topological polar surface area (TPSA) is 44.9 Å². The van der Waals surface area contributed by atoms with E-state index < -0.39 is 0 Å². The molecular formula is C32H28N4S. The van der Waals surface area contributed by atoms with Gasteiger partial charge in [-0.1, -0.05) is 56.8 Å². The Morgan fingerprint density at radius 1 is 0.838 bits per heavy atom. The van der Waals surface area contributed by atoms with Gasteiger partial charge in [-0.2, -0.15) is 5.26 Å². The van der Waals surface area contributed by atoms with Gasteiger partial charge in [0.1, 0.15) is 5.82 Å². The number of hydrogen-bond donors (Lipinski definition) is 0. The zero-order chi connectivity index (χ0) is 25.6. The molecule has 4 nitrogen and oxygen atoms in total. The molecule has 0 aliphatic carbocycles. The van der Waals surface area contributed by atoms with Crippen LogP contribution in [0, 0.1) is 16.7 Å². The monoisotopic (exact) mass is 500 g/mol. The minimum Gasteiger partial charge on any atom is -0.340 e. The molecule has 0 N–H and O–H groups in total. The van der Waals surface area contributed by atoms with E-state index in [9.17, 15) is 5.26 Å². The molecule has 6 rings (SSSR count). The number of nitrogens with zero attached hydrogens (tertiary/aromatic N) is 4. The fraction of sp³-hybridized carbons (Fsp3) is 0.188. The lowest BCUT2D eigenvalue weighted by Crippen LogP contribution is -2.25. The van der Waals surface area contributed by atoms with Crippen LogP contribution in [-0.2, 0) is 0 Å². The van der Waals surface area contributed by atoms with E-state index in [1.165, 1.54) is 21.2 Å². The van der Waals surface area contributed by atoms with E-state index >= 15 is 0 Å². The SMILES string of the molecule is CC(C)(C)CCN1c2ccccc2Sc2cc(-c3nc4ccccc4n3-c3ccc(C#N)cc3)ccc21. The van der Waals surface area contributed by atoms with E-state index in [1.54, 1.807) is 0 Å². The van der Waals surface area contributed by atoms with Gasteiger partial charge in [-0.15, -0.1) is 0 Å². The first-order valence-electron chi connectivity index (χ1n) is 12.6. The Hall–Kier alpha value is -4.01. The van der Waals surface area contributed by atoms with Gasteiger partial charge in [0, 0.05) is 27.6 Å². The van der Waals surface area contributed by atoms with Crippen LogP contribution < -0.4 is 4.90 Å². The third kappa shape index (κ3) is 4.39. The summed E-state index contributed by atoms with van der Waals surface area (Å²) in [5, 5.41) is 9.27. The van der Waals surface area contributed by atoms with Crippen molar-refractivity contribution >= 4 is 34.2 Å². The predicted octanol–water partition coefficient (Wildman–Crippen LogP) is 8.60. The summed E-state index contributed by atoms with van der Waals surface area (Å²) in [6.45, 7) is 7.87. The van der Waals surface area contributed by atoms with Crippen molar-refractivity contribution in [2.24, 2.45) is 5.41 Å². The number of para-hydroxylation sites is 3. The van der Waals surface area contributed by atoms with Gasteiger partial charge in [-0.25, -0.2) is 4.98 Å². The van der Waals surface area contributed by atoms with Crippen molar-refractivity contribution in [3.05, 3.63) is 96.6 Å². The van der Waals surface area contributed by atoms with E-state index in [2.05, 4.69) is 90.9 Å². The van der Waals surface area contributed by atoms with Crippen LogP contribution in [0.2, 0.25) is 0 Å². The van der Waals surface area contributed by atoms with Gasteiger partial charge in [-0.05, 0) is 78.6 Å². The first-order chi connectivity index (χ1) is 17.9. The Bertz CT molecular complexity index is 1650. The van der Waals surface area contributed by atoms with E-state index in [0.717, 1.165) is 41.1 Å². The van der Waals surface area contributed by atoms with Crippen molar-refractivity contribution in [1.82, 2.24) is 9.55 Å². The fourth-order valence-corrected chi connectivity index (χ4v) is 5.96. The molecule has 0 radical (unpaired) electrons. The van der Waals surface area contributed by atoms with Crippen molar-refractivity contribution in [3.63, 3.8) is 0 Å². The second kappa shape index (κ2) is 9.14. The van der Waals surface area contributed by atoms with Gasteiger partial charge >= 0.3 is 0 Å². The largest absolute Gasteiger partial charge is 0.340 e. The van der Waals surface area contributed by atoms with Crippen LogP contribution in [-0.4, -0.2) is 16.1 Å². The summed E-state index contributed by atoms with van der Waals surface area (Å²) in [6.07, 6.45) is 1.10. The van der Waals surface area contributed by atoms with Crippen LogP contribution in [0.25, 0.3) is 28.1 Å². The molecular weight excluding hydrogens is 472 g/mol. The first-order valence-corrected chi connectivity index (χ1v) is 13.4. The average molecular weight is 501 g/mol. The number of aromatic nitrogens is 2. The molecule has 0 spiro atoms. The van der Waals surface area contributed by atoms with Gasteiger partial charge in [-0.3, -0.25) is 4.57 Å². The molecule has 0 unspecified atom stereocenters. The zero-order valence-corrected chi connectivity index (χ0v) is 22.1. The Kier molecular flexibility index (Phi) is 5.78. The highest BCUT2D eigenvalue weighted by atomic mass is 32.2. The number of imidazole rings is 1. The third-order valence-electron chi connectivity index (χ3n) is 6.79. The standard InChI is InChI=1S/C32H28N4S/c1-32(2,3)18-19-35-27-10-6-7-11-29(27)37-30-20-23(14-17-28(30)35)31-34-25-8-4-5-9-26(25)36(31)24-15-12-22(21-33)13-16-24/h4-17,20H,18-19H2,1-3H3. The van der Waals surface area contributed by atoms with Crippen molar-refractivity contribution in [1.29, 1.82) is 5.26 Å². The minimum absolute atomic E-state index is 0.256. The molecule has 5 aromatic rings. The molecule has 1 aliphatic rings. The normalized spacial score (nSPS) is 12.8. The summed E-state index contributed by atoms with van der Waals surface area (Å²) < 4.78 is 2.19. The van der Waals surface area contributed by atoms with Crippen LogP contribution in [0.1, 0.15) is 32.8 Å². The zero-order valence-electron chi connectivity index (χ0n) is 21.3. The molecule has 0 amide bonds. The molecule has 2 heterocycles. The maximum Gasteiger partial charge on any atom is 0.145 e. The molecule has 0 saturated heterocycles. The van der Waals surface area contributed by atoms with Crippen LogP contribution in [0.4, 0.5) is 11.4 Å². The van der Waals surface area contributed by atoms with E-state index in [4.69, 9.17) is 4.98 Å². The summed E-state index contributed by atoms with van der Waals surface area (Å²) in [5.74, 6) is 0.898. The summed E-state index contributed by atoms with van der Waals surface area (Å²) in [6, 6.07) is 33.6. The highest BCUT2D eigenvalue weighted by molar-refractivity contribution is 7.99. The number of rotatable bonds is 4. The maximum absolute atomic E-state index is 9.27. The summed E-state index contributed by atoms with van der Waals surface area (Å²) in [7, 11) is 0. The molecule has 5 heteroatoms. The highest BCUT2D eigenvalue weighted by Crippen LogP contribution is 2.49.